The molecule has 0 atom stereocenters. The van der Waals surface area contributed by atoms with Crippen molar-refractivity contribution in [3.8, 4) is 17.2 Å². The maximum absolute atomic E-state index is 12.3. The second-order valence-electron chi connectivity index (χ2n) is 6.18. The van der Waals surface area contributed by atoms with Gasteiger partial charge in [-0.2, -0.15) is 0 Å². The summed E-state index contributed by atoms with van der Waals surface area (Å²) < 4.78 is 10.7. The van der Waals surface area contributed by atoms with Gasteiger partial charge >= 0.3 is 0 Å². The lowest BCUT2D eigenvalue weighted by Crippen LogP contribution is -2.37. The number of anilines is 1. The largest absolute Gasteiger partial charge is 0.495 e. The molecule has 26 heavy (non-hydrogen) atoms. The van der Waals surface area contributed by atoms with Crippen molar-refractivity contribution in [1.82, 2.24) is 15.1 Å². The minimum Gasteiger partial charge on any atom is -0.495 e. The molecule has 1 aliphatic heterocycles. The fourth-order valence-corrected chi connectivity index (χ4v) is 2.90. The molecule has 1 aromatic heterocycles. The average Bonchev–Trinajstić information content (AvgIpc) is 3.07. The first-order chi connectivity index (χ1) is 12.6. The fraction of sp³-hybridized carbons (Fsp3) is 0.444. The summed E-state index contributed by atoms with van der Waals surface area (Å²) in [6, 6.07) is 5.25. The van der Waals surface area contributed by atoms with Gasteiger partial charge in [0.1, 0.15) is 5.75 Å². The molecular weight excluding hydrogens is 336 g/mol. The Morgan fingerprint density at radius 3 is 2.88 bits per heavy atom. The number of carbonyl (C=O) groups excluding carboxylic acids is 2. The molecule has 138 valence electrons. The van der Waals surface area contributed by atoms with Gasteiger partial charge < -0.3 is 19.4 Å². The van der Waals surface area contributed by atoms with Gasteiger partial charge in [-0.1, -0.05) is 0 Å². The van der Waals surface area contributed by atoms with E-state index in [0.717, 1.165) is 19.4 Å². The molecule has 1 N–H and O–H groups in total. The van der Waals surface area contributed by atoms with Crippen molar-refractivity contribution < 1.29 is 18.7 Å². The van der Waals surface area contributed by atoms with Gasteiger partial charge in [-0.3, -0.25) is 9.59 Å². The first kappa shape index (κ1) is 17.9. The normalized spacial score (nSPS) is 14.4. The van der Waals surface area contributed by atoms with Crippen LogP contribution in [-0.2, 0) is 9.59 Å². The van der Waals surface area contributed by atoms with Gasteiger partial charge in [0.25, 0.3) is 0 Å². The second-order valence-corrected chi connectivity index (χ2v) is 6.18. The number of hydrogen-bond donors (Lipinski definition) is 1. The van der Waals surface area contributed by atoms with Gasteiger partial charge in [0, 0.05) is 38.4 Å². The summed E-state index contributed by atoms with van der Waals surface area (Å²) >= 11 is 0. The zero-order chi connectivity index (χ0) is 18.5. The highest BCUT2D eigenvalue weighted by atomic mass is 16.5. The highest BCUT2D eigenvalue weighted by Crippen LogP contribution is 2.30. The molecule has 0 unspecified atom stereocenters. The van der Waals surface area contributed by atoms with Crippen LogP contribution in [0.4, 0.5) is 5.69 Å². The lowest BCUT2D eigenvalue weighted by atomic mass is 10.1. The molecule has 0 aliphatic carbocycles. The van der Waals surface area contributed by atoms with Crippen LogP contribution >= 0.6 is 0 Å². The number of nitrogens with one attached hydrogen (secondary N) is 1. The van der Waals surface area contributed by atoms with Crippen molar-refractivity contribution in [3.05, 3.63) is 24.1 Å². The Balaban J connectivity index is 1.67. The molecule has 0 saturated carbocycles. The van der Waals surface area contributed by atoms with Gasteiger partial charge in [-0.25, -0.2) is 0 Å². The molecular formula is C18H22N4O4. The van der Waals surface area contributed by atoms with Crippen molar-refractivity contribution in [2.75, 3.05) is 25.5 Å². The smallest absolute Gasteiger partial charge is 0.247 e. The monoisotopic (exact) mass is 358 g/mol. The number of nitrogens with zero attached hydrogens (tertiary/aromatic N) is 3. The molecule has 8 heteroatoms. The molecule has 2 amide bonds. The molecule has 2 heterocycles. The molecule has 0 radical (unpaired) electrons. The van der Waals surface area contributed by atoms with Crippen LogP contribution in [0.2, 0.25) is 0 Å². The van der Waals surface area contributed by atoms with Crippen LogP contribution < -0.4 is 10.1 Å². The van der Waals surface area contributed by atoms with Gasteiger partial charge in [-0.15, -0.1) is 10.2 Å². The summed E-state index contributed by atoms with van der Waals surface area (Å²) in [5.74, 6) is 1.32. The van der Waals surface area contributed by atoms with Crippen LogP contribution in [0.3, 0.4) is 0 Å². The maximum Gasteiger partial charge on any atom is 0.247 e. The lowest BCUT2D eigenvalue weighted by molar-refractivity contribution is -0.133. The number of aryl methyl sites for hydroxylation is 1. The summed E-state index contributed by atoms with van der Waals surface area (Å²) in [7, 11) is 1.54. The molecule has 1 aliphatic rings. The number of benzene rings is 1. The van der Waals surface area contributed by atoms with Crippen LogP contribution in [0.25, 0.3) is 11.5 Å². The van der Waals surface area contributed by atoms with Crippen molar-refractivity contribution in [1.29, 1.82) is 0 Å². The zero-order valence-electron chi connectivity index (χ0n) is 14.9. The van der Waals surface area contributed by atoms with E-state index in [1.54, 1.807) is 30.0 Å². The molecule has 3 rings (SSSR count). The lowest BCUT2D eigenvalue weighted by Gasteiger charge is -2.26. The van der Waals surface area contributed by atoms with Crippen molar-refractivity contribution in [3.63, 3.8) is 0 Å². The van der Waals surface area contributed by atoms with E-state index < -0.39 is 0 Å². The number of hydrogen-bond acceptors (Lipinski definition) is 6. The predicted octanol–water partition coefficient (Wildman–Crippen LogP) is 2.39. The summed E-state index contributed by atoms with van der Waals surface area (Å²) in [6.45, 7) is 2.86. The highest BCUT2D eigenvalue weighted by molar-refractivity contribution is 5.93. The maximum atomic E-state index is 12.3. The summed E-state index contributed by atoms with van der Waals surface area (Å²) in [5, 5.41) is 10.6. The minimum absolute atomic E-state index is 0.121. The quantitative estimate of drug-likeness (QED) is 0.851. The molecule has 8 nitrogen and oxygen atoms in total. The first-order valence-corrected chi connectivity index (χ1v) is 8.63. The Labute approximate surface area is 151 Å². The number of amides is 2. The standard InChI is InChI=1S/C18H22N4O4/c1-12-20-21-18(26-12)13-6-7-15(25-2)14(11-13)19-16(23)8-10-22-9-4-3-5-17(22)24/h6-7,11H,3-5,8-10H2,1-2H3,(H,19,23). The number of likely N-dealkylation sites (tertiary alicyclic amines) is 1. The number of ether oxygens (including phenoxy) is 1. The van der Waals surface area contributed by atoms with E-state index in [-0.39, 0.29) is 18.2 Å². The van der Waals surface area contributed by atoms with Gasteiger partial charge in [0.2, 0.25) is 23.6 Å². The van der Waals surface area contributed by atoms with E-state index in [1.165, 1.54) is 7.11 Å². The van der Waals surface area contributed by atoms with E-state index in [2.05, 4.69) is 15.5 Å². The molecule has 0 spiro atoms. The van der Waals surface area contributed by atoms with E-state index in [1.807, 2.05) is 0 Å². The number of carbonyl (C=O) groups is 2. The third-order valence-corrected chi connectivity index (χ3v) is 4.28. The van der Waals surface area contributed by atoms with E-state index in [9.17, 15) is 9.59 Å². The average molecular weight is 358 g/mol. The van der Waals surface area contributed by atoms with E-state index in [4.69, 9.17) is 9.15 Å². The fourth-order valence-electron chi connectivity index (χ4n) is 2.90. The van der Waals surface area contributed by atoms with E-state index in [0.29, 0.717) is 41.7 Å². The van der Waals surface area contributed by atoms with Crippen molar-refractivity contribution in [2.24, 2.45) is 0 Å². The molecule has 2 aromatic rings. The molecule has 0 bridgehead atoms. The summed E-state index contributed by atoms with van der Waals surface area (Å²) in [6.07, 6.45) is 2.73. The Morgan fingerprint density at radius 2 is 2.19 bits per heavy atom. The van der Waals surface area contributed by atoms with Crippen LogP contribution in [0.1, 0.15) is 31.6 Å². The van der Waals surface area contributed by atoms with Crippen molar-refractivity contribution >= 4 is 17.5 Å². The number of aromatic nitrogens is 2. The Bertz CT molecular complexity index is 802. The molecule has 1 fully saturated rings. The topological polar surface area (TPSA) is 97.6 Å². The number of rotatable bonds is 6. The Kier molecular flexibility index (Phi) is 5.50. The minimum atomic E-state index is -0.180. The first-order valence-electron chi connectivity index (χ1n) is 8.63. The predicted molar refractivity (Wildman–Crippen MR) is 94.7 cm³/mol. The van der Waals surface area contributed by atoms with Crippen molar-refractivity contribution in [2.45, 2.75) is 32.6 Å². The van der Waals surface area contributed by atoms with Gasteiger partial charge in [-0.05, 0) is 31.0 Å². The van der Waals surface area contributed by atoms with Crippen LogP contribution in [0.15, 0.2) is 22.6 Å². The third-order valence-electron chi connectivity index (χ3n) is 4.28. The summed E-state index contributed by atoms with van der Waals surface area (Å²) in [4.78, 5) is 25.9. The van der Waals surface area contributed by atoms with Crippen LogP contribution in [0.5, 0.6) is 5.75 Å². The van der Waals surface area contributed by atoms with Gasteiger partial charge in [0.05, 0.1) is 12.8 Å². The highest BCUT2D eigenvalue weighted by Gasteiger charge is 2.19. The second kappa shape index (κ2) is 7.99. The molecule has 1 aromatic carbocycles. The third kappa shape index (κ3) is 4.19. The van der Waals surface area contributed by atoms with Gasteiger partial charge in [0.15, 0.2) is 0 Å². The number of piperidine rings is 1. The Morgan fingerprint density at radius 1 is 1.35 bits per heavy atom. The Hall–Kier alpha value is -2.90. The SMILES string of the molecule is COc1ccc(-c2nnc(C)o2)cc1NC(=O)CCN1CCCCC1=O. The van der Waals surface area contributed by atoms with E-state index >= 15 is 0 Å². The molecule has 1 saturated heterocycles. The number of methoxy groups -OCH3 is 1. The zero-order valence-corrected chi connectivity index (χ0v) is 14.9. The summed E-state index contributed by atoms with van der Waals surface area (Å²) in [5.41, 5.74) is 1.21. The van der Waals surface area contributed by atoms with Crippen LogP contribution in [0, 0.1) is 6.92 Å². The van der Waals surface area contributed by atoms with Crippen LogP contribution in [-0.4, -0.2) is 47.1 Å².